The number of nitrogens with one attached hydrogen (secondary N) is 2. The molecule has 1 aliphatic rings. The van der Waals surface area contributed by atoms with Crippen LogP contribution in [0.3, 0.4) is 0 Å². The number of carbonyl (C=O) groups is 1. The first-order valence-corrected chi connectivity index (χ1v) is 11.3. The van der Waals surface area contributed by atoms with Crippen LogP contribution in [0.25, 0.3) is 0 Å². The molecule has 8 heteroatoms. The van der Waals surface area contributed by atoms with Crippen molar-refractivity contribution in [2.75, 3.05) is 23.3 Å². The maximum atomic E-state index is 12.5. The Bertz CT molecular complexity index is 875. The monoisotopic (exact) mass is 406 g/mol. The van der Waals surface area contributed by atoms with E-state index in [9.17, 15) is 13.2 Å². The van der Waals surface area contributed by atoms with Crippen molar-refractivity contribution in [2.45, 2.75) is 23.8 Å². The number of carbonyl (C=O) groups excluding carboxylic acids is 1. The molecule has 0 saturated carbocycles. The molecule has 144 valence electrons. The molecule has 3 rings (SSSR count). The second kappa shape index (κ2) is 8.67. The summed E-state index contributed by atoms with van der Waals surface area (Å²) in [6.07, 6.45) is 1.93. The summed E-state index contributed by atoms with van der Waals surface area (Å²) in [5.74, 6) is 2.59. The maximum Gasteiger partial charge on any atom is 0.261 e. The van der Waals surface area contributed by atoms with Crippen molar-refractivity contribution in [3.8, 4) is 5.75 Å². The quantitative estimate of drug-likeness (QED) is 0.770. The number of benzene rings is 2. The molecule has 0 spiro atoms. The Kier molecular flexibility index (Phi) is 6.28. The molecule has 1 fully saturated rings. The lowest BCUT2D eigenvalue weighted by Gasteiger charge is -2.22. The Labute approximate surface area is 163 Å². The third-order valence-electron chi connectivity index (χ3n) is 4.33. The summed E-state index contributed by atoms with van der Waals surface area (Å²) in [5.41, 5.74) is 0.893. The highest BCUT2D eigenvalue weighted by atomic mass is 32.2. The average molecular weight is 407 g/mol. The van der Waals surface area contributed by atoms with Gasteiger partial charge in [-0.25, -0.2) is 8.42 Å². The third kappa shape index (κ3) is 5.17. The molecule has 1 amide bonds. The summed E-state index contributed by atoms with van der Waals surface area (Å²) in [4.78, 5) is 12.4. The fourth-order valence-electron chi connectivity index (χ4n) is 2.77. The van der Waals surface area contributed by atoms with E-state index in [-0.39, 0.29) is 16.8 Å². The summed E-state index contributed by atoms with van der Waals surface area (Å²) in [7, 11) is -2.18. The molecular weight excluding hydrogens is 384 g/mol. The number of hydrogen-bond donors (Lipinski definition) is 2. The fourth-order valence-corrected chi connectivity index (χ4v) is 4.93. The lowest BCUT2D eigenvalue weighted by Crippen LogP contribution is -2.37. The Balaban J connectivity index is 1.66. The molecule has 0 atom stereocenters. The van der Waals surface area contributed by atoms with Crippen LogP contribution in [0.2, 0.25) is 0 Å². The zero-order chi connectivity index (χ0) is 19.3. The van der Waals surface area contributed by atoms with Gasteiger partial charge in [-0.3, -0.25) is 9.52 Å². The second-order valence-electron chi connectivity index (χ2n) is 6.22. The molecule has 0 aromatic heterocycles. The number of rotatable bonds is 6. The van der Waals surface area contributed by atoms with Gasteiger partial charge in [0.15, 0.2) is 0 Å². The van der Waals surface area contributed by atoms with Gasteiger partial charge in [-0.2, -0.15) is 11.8 Å². The highest BCUT2D eigenvalue weighted by molar-refractivity contribution is 7.99. The van der Waals surface area contributed by atoms with Crippen molar-refractivity contribution in [1.29, 1.82) is 0 Å². The van der Waals surface area contributed by atoms with E-state index in [4.69, 9.17) is 4.74 Å². The van der Waals surface area contributed by atoms with Gasteiger partial charge in [-0.15, -0.1) is 0 Å². The predicted molar refractivity (Wildman–Crippen MR) is 108 cm³/mol. The number of thioether (sulfide) groups is 1. The molecule has 0 bridgehead atoms. The SMILES string of the molecule is COc1ccc(NS(=O)(=O)c2ccc(C(=O)NC3CCSCC3)cc2)cc1. The van der Waals surface area contributed by atoms with E-state index in [0.717, 1.165) is 24.3 Å². The molecule has 27 heavy (non-hydrogen) atoms. The van der Waals surface area contributed by atoms with Crippen LogP contribution in [0, 0.1) is 0 Å². The molecule has 6 nitrogen and oxygen atoms in total. The van der Waals surface area contributed by atoms with Crippen molar-refractivity contribution in [2.24, 2.45) is 0 Å². The molecule has 2 N–H and O–H groups in total. The number of hydrogen-bond acceptors (Lipinski definition) is 5. The molecule has 0 radical (unpaired) electrons. The number of sulfonamides is 1. The van der Waals surface area contributed by atoms with Gasteiger partial charge < -0.3 is 10.1 Å². The van der Waals surface area contributed by atoms with E-state index in [1.54, 1.807) is 31.4 Å². The summed E-state index contributed by atoms with van der Waals surface area (Å²) in [5, 5.41) is 3.01. The standard InChI is InChI=1S/C19H22N2O4S2/c1-25-17-6-4-16(5-7-17)21-27(23,24)18-8-2-14(3-9-18)19(22)20-15-10-12-26-13-11-15/h2-9,15,21H,10-13H2,1H3,(H,20,22). The van der Waals surface area contributed by atoms with E-state index in [2.05, 4.69) is 10.0 Å². The Morgan fingerprint density at radius 2 is 1.67 bits per heavy atom. The number of amides is 1. The third-order valence-corrected chi connectivity index (χ3v) is 6.77. The van der Waals surface area contributed by atoms with Crippen molar-refractivity contribution >= 4 is 33.4 Å². The van der Waals surface area contributed by atoms with E-state index in [1.165, 1.54) is 24.3 Å². The topological polar surface area (TPSA) is 84.5 Å². The highest BCUT2D eigenvalue weighted by Crippen LogP contribution is 2.20. The van der Waals surface area contributed by atoms with Crippen LogP contribution in [0.1, 0.15) is 23.2 Å². The van der Waals surface area contributed by atoms with E-state index in [0.29, 0.717) is 17.0 Å². The first-order chi connectivity index (χ1) is 13.0. The lowest BCUT2D eigenvalue weighted by molar-refractivity contribution is 0.0934. The van der Waals surface area contributed by atoms with Gasteiger partial charge in [0.2, 0.25) is 0 Å². The molecule has 0 unspecified atom stereocenters. The van der Waals surface area contributed by atoms with E-state index < -0.39 is 10.0 Å². The van der Waals surface area contributed by atoms with Crippen LogP contribution in [-0.4, -0.2) is 39.0 Å². The van der Waals surface area contributed by atoms with E-state index in [1.807, 2.05) is 11.8 Å². The summed E-state index contributed by atoms with van der Waals surface area (Å²) in [6.45, 7) is 0. The molecule has 2 aromatic rings. The lowest BCUT2D eigenvalue weighted by atomic mass is 10.1. The number of methoxy groups -OCH3 is 1. The maximum absolute atomic E-state index is 12.5. The zero-order valence-electron chi connectivity index (χ0n) is 15.0. The summed E-state index contributed by atoms with van der Waals surface area (Å²) < 4.78 is 32.6. The van der Waals surface area contributed by atoms with Crippen molar-refractivity contribution in [3.63, 3.8) is 0 Å². The molecule has 1 heterocycles. The first-order valence-electron chi connectivity index (χ1n) is 8.63. The van der Waals surface area contributed by atoms with E-state index >= 15 is 0 Å². The summed E-state index contributed by atoms with van der Waals surface area (Å²) >= 11 is 1.90. The fraction of sp³-hybridized carbons (Fsp3) is 0.316. The molecule has 1 saturated heterocycles. The minimum atomic E-state index is -3.73. The zero-order valence-corrected chi connectivity index (χ0v) is 16.6. The van der Waals surface area contributed by atoms with Crippen molar-refractivity contribution in [1.82, 2.24) is 5.32 Å². The predicted octanol–water partition coefficient (Wildman–Crippen LogP) is 3.12. The Morgan fingerprint density at radius 1 is 1.04 bits per heavy atom. The smallest absolute Gasteiger partial charge is 0.261 e. The highest BCUT2D eigenvalue weighted by Gasteiger charge is 2.18. The molecule has 1 aliphatic heterocycles. The second-order valence-corrected chi connectivity index (χ2v) is 9.13. The van der Waals surface area contributed by atoms with Gasteiger partial charge in [0.1, 0.15) is 5.75 Å². The summed E-state index contributed by atoms with van der Waals surface area (Å²) in [6, 6.07) is 12.8. The van der Waals surface area contributed by atoms with Crippen LogP contribution >= 0.6 is 11.8 Å². The normalized spacial score (nSPS) is 15.1. The average Bonchev–Trinajstić information content (AvgIpc) is 2.69. The van der Waals surface area contributed by atoms with Gasteiger partial charge in [-0.05, 0) is 72.9 Å². The van der Waals surface area contributed by atoms with Gasteiger partial charge in [0.25, 0.3) is 15.9 Å². The van der Waals surface area contributed by atoms with Crippen LogP contribution in [0.4, 0.5) is 5.69 Å². The van der Waals surface area contributed by atoms with Crippen LogP contribution < -0.4 is 14.8 Å². The van der Waals surface area contributed by atoms with Gasteiger partial charge >= 0.3 is 0 Å². The minimum absolute atomic E-state index is 0.101. The van der Waals surface area contributed by atoms with Gasteiger partial charge in [0.05, 0.1) is 12.0 Å². The Morgan fingerprint density at radius 3 is 2.26 bits per heavy atom. The first kappa shape index (κ1) is 19.6. The van der Waals surface area contributed by atoms with Gasteiger partial charge in [-0.1, -0.05) is 0 Å². The van der Waals surface area contributed by atoms with Crippen LogP contribution in [-0.2, 0) is 10.0 Å². The van der Waals surface area contributed by atoms with Crippen molar-refractivity contribution < 1.29 is 17.9 Å². The molecule has 0 aliphatic carbocycles. The van der Waals surface area contributed by atoms with Crippen molar-refractivity contribution in [3.05, 3.63) is 54.1 Å². The largest absolute Gasteiger partial charge is 0.497 e. The number of ether oxygens (including phenoxy) is 1. The minimum Gasteiger partial charge on any atom is -0.497 e. The number of anilines is 1. The van der Waals surface area contributed by atoms with Gasteiger partial charge in [0, 0.05) is 17.3 Å². The van der Waals surface area contributed by atoms with Crippen LogP contribution in [0.5, 0.6) is 5.75 Å². The molecular formula is C19H22N2O4S2. The Hall–Kier alpha value is -2.19. The molecule has 2 aromatic carbocycles. The van der Waals surface area contributed by atoms with Crippen LogP contribution in [0.15, 0.2) is 53.4 Å².